The van der Waals surface area contributed by atoms with Crippen LogP contribution in [0.1, 0.15) is 11.5 Å². The Bertz CT molecular complexity index is 1010. The molecular formula is C20H17N3O2. The van der Waals surface area contributed by atoms with Gasteiger partial charge in [0.15, 0.2) is 11.5 Å². The minimum atomic E-state index is -0.0618. The van der Waals surface area contributed by atoms with E-state index < -0.39 is 0 Å². The van der Waals surface area contributed by atoms with Crippen molar-refractivity contribution in [1.29, 1.82) is 0 Å². The Labute approximate surface area is 144 Å². The molecule has 124 valence electrons. The van der Waals surface area contributed by atoms with E-state index in [2.05, 4.69) is 10.3 Å². The van der Waals surface area contributed by atoms with E-state index in [-0.39, 0.29) is 5.91 Å². The first-order chi connectivity index (χ1) is 12.2. The van der Waals surface area contributed by atoms with Gasteiger partial charge in [-0.25, -0.2) is 4.98 Å². The van der Waals surface area contributed by atoms with Gasteiger partial charge in [-0.2, -0.15) is 0 Å². The van der Waals surface area contributed by atoms with Crippen LogP contribution in [-0.2, 0) is 11.2 Å². The van der Waals surface area contributed by atoms with Crippen LogP contribution in [0.15, 0.2) is 71.4 Å². The molecule has 0 fully saturated rings. The highest BCUT2D eigenvalue weighted by Gasteiger charge is 2.07. The SMILES string of the molecule is Cc1nc2cc(NC(=O)Cc3ccc(-n4cccc4)cc3)ccc2o1. The lowest BCUT2D eigenvalue weighted by Gasteiger charge is -2.07. The predicted molar refractivity (Wildman–Crippen MR) is 96.8 cm³/mol. The molecule has 0 spiro atoms. The number of carbonyl (C=O) groups is 1. The topological polar surface area (TPSA) is 60.1 Å². The molecule has 0 saturated heterocycles. The standard InChI is InChI=1S/C20H17N3O2/c1-14-21-18-13-16(6-9-19(18)25-14)22-20(24)12-15-4-7-17(8-5-15)23-10-2-3-11-23/h2-11,13H,12H2,1H3,(H,22,24). The van der Waals surface area contributed by atoms with Crippen molar-refractivity contribution >= 4 is 22.7 Å². The van der Waals surface area contributed by atoms with Crippen LogP contribution in [0.2, 0.25) is 0 Å². The van der Waals surface area contributed by atoms with Gasteiger partial charge in [0.2, 0.25) is 5.91 Å². The molecule has 2 aromatic heterocycles. The fraction of sp³-hybridized carbons (Fsp3) is 0.100. The lowest BCUT2D eigenvalue weighted by atomic mass is 10.1. The quantitative estimate of drug-likeness (QED) is 0.612. The number of aromatic nitrogens is 2. The normalized spacial score (nSPS) is 10.9. The number of oxazole rings is 1. The zero-order valence-corrected chi connectivity index (χ0v) is 13.8. The molecule has 5 nitrogen and oxygen atoms in total. The number of benzene rings is 2. The van der Waals surface area contributed by atoms with Crippen LogP contribution < -0.4 is 5.32 Å². The molecule has 2 heterocycles. The summed E-state index contributed by atoms with van der Waals surface area (Å²) in [6, 6.07) is 17.4. The highest BCUT2D eigenvalue weighted by molar-refractivity contribution is 5.94. The van der Waals surface area contributed by atoms with Gasteiger partial charge >= 0.3 is 0 Å². The van der Waals surface area contributed by atoms with E-state index in [0.717, 1.165) is 28.0 Å². The summed E-state index contributed by atoms with van der Waals surface area (Å²) in [5, 5.41) is 2.91. The van der Waals surface area contributed by atoms with Crippen LogP contribution in [-0.4, -0.2) is 15.5 Å². The summed E-state index contributed by atoms with van der Waals surface area (Å²) in [5.41, 5.74) is 4.21. The Morgan fingerprint density at radius 1 is 1.12 bits per heavy atom. The molecule has 0 aliphatic heterocycles. The third-order valence-corrected chi connectivity index (χ3v) is 3.98. The molecular weight excluding hydrogens is 314 g/mol. The number of amides is 1. The van der Waals surface area contributed by atoms with Crippen LogP contribution in [0.5, 0.6) is 0 Å². The number of anilines is 1. The number of aryl methyl sites for hydroxylation is 1. The van der Waals surface area contributed by atoms with Crippen molar-refractivity contribution < 1.29 is 9.21 Å². The van der Waals surface area contributed by atoms with E-state index in [1.54, 1.807) is 6.92 Å². The van der Waals surface area contributed by atoms with Gasteiger partial charge < -0.3 is 14.3 Å². The second-order valence-electron chi connectivity index (χ2n) is 5.90. The first kappa shape index (κ1) is 15.2. The van der Waals surface area contributed by atoms with Crippen LogP contribution in [0.3, 0.4) is 0 Å². The van der Waals surface area contributed by atoms with E-state index in [4.69, 9.17) is 4.42 Å². The maximum Gasteiger partial charge on any atom is 0.228 e. The fourth-order valence-electron chi connectivity index (χ4n) is 2.80. The van der Waals surface area contributed by atoms with Crippen molar-refractivity contribution in [2.75, 3.05) is 5.32 Å². The molecule has 0 atom stereocenters. The molecule has 0 radical (unpaired) electrons. The van der Waals surface area contributed by atoms with E-state index in [0.29, 0.717) is 12.3 Å². The molecule has 1 amide bonds. The fourth-order valence-corrected chi connectivity index (χ4v) is 2.80. The maximum absolute atomic E-state index is 12.3. The summed E-state index contributed by atoms with van der Waals surface area (Å²) >= 11 is 0. The molecule has 5 heteroatoms. The van der Waals surface area contributed by atoms with E-state index in [9.17, 15) is 4.79 Å². The lowest BCUT2D eigenvalue weighted by molar-refractivity contribution is -0.115. The average Bonchev–Trinajstić information content (AvgIpc) is 3.23. The van der Waals surface area contributed by atoms with Gasteiger partial charge in [-0.05, 0) is 48.0 Å². The van der Waals surface area contributed by atoms with Crippen LogP contribution in [0.4, 0.5) is 5.69 Å². The highest BCUT2D eigenvalue weighted by atomic mass is 16.3. The van der Waals surface area contributed by atoms with Crippen LogP contribution in [0.25, 0.3) is 16.8 Å². The van der Waals surface area contributed by atoms with Crippen LogP contribution >= 0.6 is 0 Å². The first-order valence-corrected chi connectivity index (χ1v) is 8.07. The van der Waals surface area contributed by atoms with Crippen molar-refractivity contribution in [2.45, 2.75) is 13.3 Å². The Balaban J connectivity index is 1.44. The lowest BCUT2D eigenvalue weighted by Crippen LogP contribution is -2.14. The second kappa shape index (κ2) is 6.28. The Morgan fingerprint density at radius 3 is 2.64 bits per heavy atom. The number of carbonyl (C=O) groups excluding carboxylic acids is 1. The van der Waals surface area contributed by atoms with Gasteiger partial charge in [0.1, 0.15) is 5.52 Å². The Kier molecular flexibility index (Phi) is 3.82. The largest absolute Gasteiger partial charge is 0.441 e. The number of nitrogens with zero attached hydrogens (tertiary/aromatic N) is 2. The molecule has 1 N–H and O–H groups in total. The summed E-state index contributed by atoms with van der Waals surface area (Å²) in [5.74, 6) is 0.550. The molecule has 0 bridgehead atoms. The molecule has 25 heavy (non-hydrogen) atoms. The predicted octanol–water partition coefficient (Wildman–Crippen LogP) is 4.11. The number of rotatable bonds is 4. The molecule has 0 aliphatic rings. The van der Waals surface area contributed by atoms with Gasteiger partial charge in [-0.3, -0.25) is 4.79 Å². The number of fused-ring (bicyclic) bond motifs is 1. The van der Waals surface area contributed by atoms with E-state index >= 15 is 0 Å². The maximum atomic E-state index is 12.3. The summed E-state index contributed by atoms with van der Waals surface area (Å²) < 4.78 is 7.47. The van der Waals surface area contributed by atoms with Crippen molar-refractivity contribution in [3.05, 3.63) is 78.4 Å². The van der Waals surface area contributed by atoms with Crippen LogP contribution in [0, 0.1) is 6.92 Å². The smallest absolute Gasteiger partial charge is 0.228 e. The van der Waals surface area contributed by atoms with Gasteiger partial charge in [0, 0.05) is 30.7 Å². The molecule has 4 rings (SSSR count). The molecule has 4 aromatic rings. The van der Waals surface area contributed by atoms with Gasteiger partial charge in [0.25, 0.3) is 0 Å². The van der Waals surface area contributed by atoms with Crippen molar-refractivity contribution in [1.82, 2.24) is 9.55 Å². The zero-order chi connectivity index (χ0) is 17.2. The van der Waals surface area contributed by atoms with Gasteiger partial charge in [0.05, 0.1) is 6.42 Å². The van der Waals surface area contributed by atoms with Gasteiger partial charge in [-0.1, -0.05) is 12.1 Å². The molecule has 2 aromatic carbocycles. The summed E-state index contributed by atoms with van der Waals surface area (Å²) in [7, 11) is 0. The minimum Gasteiger partial charge on any atom is -0.441 e. The van der Waals surface area contributed by atoms with Crippen molar-refractivity contribution in [2.24, 2.45) is 0 Å². The number of hydrogen-bond acceptors (Lipinski definition) is 3. The highest BCUT2D eigenvalue weighted by Crippen LogP contribution is 2.20. The van der Waals surface area contributed by atoms with E-state index in [1.165, 1.54) is 0 Å². The number of nitrogens with one attached hydrogen (secondary N) is 1. The summed E-state index contributed by atoms with van der Waals surface area (Å²) in [4.78, 5) is 16.6. The molecule has 0 saturated carbocycles. The summed E-state index contributed by atoms with van der Waals surface area (Å²) in [6.07, 6.45) is 4.30. The zero-order valence-electron chi connectivity index (χ0n) is 13.8. The monoisotopic (exact) mass is 331 g/mol. The average molecular weight is 331 g/mol. The Morgan fingerprint density at radius 2 is 1.88 bits per heavy atom. The molecule has 0 unspecified atom stereocenters. The minimum absolute atomic E-state index is 0.0618. The third-order valence-electron chi connectivity index (χ3n) is 3.98. The van der Waals surface area contributed by atoms with Gasteiger partial charge in [-0.15, -0.1) is 0 Å². The third kappa shape index (κ3) is 3.30. The van der Waals surface area contributed by atoms with Crippen molar-refractivity contribution in [3.63, 3.8) is 0 Å². The molecule has 0 aliphatic carbocycles. The number of hydrogen-bond donors (Lipinski definition) is 1. The van der Waals surface area contributed by atoms with Crippen molar-refractivity contribution in [3.8, 4) is 5.69 Å². The summed E-state index contributed by atoms with van der Waals surface area (Å²) in [6.45, 7) is 1.80. The second-order valence-corrected chi connectivity index (χ2v) is 5.90. The van der Waals surface area contributed by atoms with E-state index in [1.807, 2.05) is 71.6 Å². The Hall–Kier alpha value is -3.34. The first-order valence-electron chi connectivity index (χ1n) is 8.07.